The molecule has 0 aliphatic carbocycles. The van der Waals surface area contributed by atoms with Crippen LogP contribution in [-0.4, -0.2) is 18.8 Å². The molecule has 1 aromatic rings. The van der Waals surface area contributed by atoms with E-state index in [4.69, 9.17) is 4.74 Å². The van der Waals surface area contributed by atoms with E-state index < -0.39 is 11.7 Å². The summed E-state index contributed by atoms with van der Waals surface area (Å²) in [6.07, 6.45) is -2.77. The second-order valence-electron chi connectivity index (χ2n) is 4.59. The third-order valence-corrected chi connectivity index (χ3v) is 3.08. The van der Waals surface area contributed by atoms with Crippen molar-refractivity contribution in [2.45, 2.75) is 38.1 Å². The van der Waals surface area contributed by atoms with E-state index in [-0.39, 0.29) is 17.8 Å². The van der Waals surface area contributed by atoms with Crippen molar-refractivity contribution in [3.8, 4) is 0 Å². The molecular weight excluding hydrogens is 243 g/mol. The fourth-order valence-electron chi connectivity index (χ4n) is 2.21. The lowest BCUT2D eigenvalue weighted by molar-refractivity contribution is -0.137. The van der Waals surface area contributed by atoms with Crippen LogP contribution >= 0.6 is 0 Å². The van der Waals surface area contributed by atoms with E-state index in [0.29, 0.717) is 6.61 Å². The lowest BCUT2D eigenvalue weighted by Gasteiger charge is -2.29. The van der Waals surface area contributed by atoms with Crippen LogP contribution in [0.5, 0.6) is 0 Å². The normalized spacial score (nSPS) is 24.9. The van der Waals surface area contributed by atoms with Gasteiger partial charge in [0.15, 0.2) is 0 Å². The summed E-state index contributed by atoms with van der Waals surface area (Å²) < 4.78 is 43.8. The minimum atomic E-state index is -4.32. The Morgan fingerprint density at radius 1 is 1.28 bits per heavy atom. The summed E-state index contributed by atoms with van der Waals surface area (Å²) in [6.45, 7) is 2.52. The third kappa shape index (κ3) is 3.16. The largest absolute Gasteiger partial charge is 0.418 e. The molecule has 5 heteroatoms. The first-order valence-electron chi connectivity index (χ1n) is 6.01. The number of ether oxygens (including phenoxy) is 1. The molecule has 100 valence electrons. The molecule has 0 radical (unpaired) electrons. The zero-order valence-corrected chi connectivity index (χ0v) is 10.1. The Hall–Kier alpha value is -1.23. The minimum Gasteiger partial charge on any atom is -0.382 e. The SMILES string of the molecule is CC1CC(Nc2ccccc2C(F)(F)F)CCO1. The molecular formula is C13H16F3NO. The third-order valence-electron chi connectivity index (χ3n) is 3.08. The van der Waals surface area contributed by atoms with Gasteiger partial charge in [0.25, 0.3) is 0 Å². The molecule has 1 heterocycles. The number of anilines is 1. The summed E-state index contributed by atoms with van der Waals surface area (Å²) in [7, 11) is 0. The topological polar surface area (TPSA) is 21.3 Å². The number of benzene rings is 1. The van der Waals surface area contributed by atoms with Gasteiger partial charge in [-0.1, -0.05) is 12.1 Å². The van der Waals surface area contributed by atoms with Crippen LogP contribution < -0.4 is 5.32 Å². The zero-order valence-electron chi connectivity index (χ0n) is 10.1. The van der Waals surface area contributed by atoms with Crippen LogP contribution in [-0.2, 0) is 10.9 Å². The van der Waals surface area contributed by atoms with Gasteiger partial charge in [-0.25, -0.2) is 0 Å². The van der Waals surface area contributed by atoms with Gasteiger partial charge in [-0.15, -0.1) is 0 Å². The minimum absolute atomic E-state index is 0.0391. The van der Waals surface area contributed by atoms with Crippen LogP contribution in [0.1, 0.15) is 25.3 Å². The van der Waals surface area contributed by atoms with Gasteiger partial charge in [0.05, 0.1) is 11.7 Å². The first-order chi connectivity index (χ1) is 8.47. The van der Waals surface area contributed by atoms with Crippen LogP contribution in [0.2, 0.25) is 0 Å². The van der Waals surface area contributed by atoms with Crippen LogP contribution in [0, 0.1) is 0 Å². The first kappa shape index (κ1) is 13.2. The summed E-state index contributed by atoms with van der Waals surface area (Å²) in [5, 5.41) is 2.99. The van der Waals surface area contributed by atoms with Crippen molar-refractivity contribution < 1.29 is 17.9 Å². The molecule has 1 aliphatic heterocycles. The summed E-state index contributed by atoms with van der Waals surface area (Å²) >= 11 is 0. The van der Waals surface area contributed by atoms with Gasteiger partial charge in [0.1, 0.15) is 0 Å². The number of halogens is 3. The van der Waals surface area contributed by atoms with E-state index in [1.54, 1.807) is 6.07 Å². The maximum absolute atomic E-state index is 12.8. The van der Waals surface area contributed by atoms with E-state index in [0.717, 1.165) is 18.9 Å². The molecule has 1 saturated heterocycles. The van der Waals surface area contributed by atoms with E-state index in [2.05, 4.69) is 5.32 Å². The summed E-state index contributed by atoms with van der Waals surface area (Å²) in [5.74, 6) is 0. The molecule has 0 amide bonds. The van der Waals surface area contributed by atoms with Gasteiger partial charge in [-0.2, -0.15) is 13.2 Å². The standard InChI is InChI=1S/C13H16F3NO/c1-9-8-10(6-7-18-9)17-12-5-3-2-4-11(12)13(14,15)16/h2-5,9-10,17H,6-8H2,1H3. The molecule has 1 N–H and O–H groups in total. The highest BCUT2D eigenvalue weighted by molar-refractivity contribution is 5.53. The molecule has 0 aromatic heterocycles. The van der Waals surface area contributed by atoms with Crippen molar-refractivity contribution >= 4 is 5.69 Å². The average molecular weight is 259 g/mol. The number of nitrogens with one attached hydrogen (secondary N) is 1. The Morgan fingerprint density at radius 2 is 2.00 bits per heavy atom. The summed E-state index contributed by atoms with van der Waals surface area (Å²) in [4.78, 5) is 0. The molecule has 0 saturated carbocycles. The highest BCUT2D eigenvalue weighted by atomic mass is 19.4. The molecule has 1 aromatic carbocycles. The maximum atomic E-state index is 12.8. The van der Waals surface area contributed by atoms with Gasteiger partial charge < -0.3 is 10.1 Å². The van der Waals surface area contributed by atoms with E-state index in [9.17, 15) is 13.2 Å². The van der Waals surface area contributed by atoms with Gasteiger partial charge in [0.2, 0.25) is 0 Å². The predicted molar refractivity (Wildman–Crippen MR) is 63.5 cm³/mol. The first-order valence-corrected chi connectivity index (χ1v) is 6.01. The molecule has 2 rings (SSSR count). The molecule has 1 aliphatic rings. The van der Waals surface area contributed by atoms with Gasteiger partial charge >= 0.3 is 6.18 Å². The number of hydrogen-bond donors (Lipinski definition) is 1. The lowest BCUT2D eigenvalue weighted by Crippen LogP contribution is -2.33. The average Bonchev–Trinajstić information content (AvgIpc) is 2.28. The van der Waals surface area contributed by atoms with Crippen LogP contribution in [0.15, 0.2) is 24.3 Å². The Labute approximate surface area is 104 Å². The Bertz CT molecular complexity index is 405. The van der Waals surface area contributed by atoms with Crippen molar-refractivity contribution in [1.82, 2.24) is 0 Å². The van der Waals surface area contributed by atoms with Crippen LogP contribution in [0.4, 0.5) is 18.9 Å². The second kappa shape index (κ2) is 5.18. The van der Waals surface area contributed by atoms with Crippen molar-refractivity contribution in [1.29, 1.82) is 0 Å². The monoisotopic (exact) mass is 259 g/mol. The number of para-hydroxylation sites is 1. The van der Waals surface area contributed by atoms with Gasteiger partial charge in [-0.3, -0.25) is 0 Å². The maximum Gasteiger partial charge on any atom is 0.418 e. The Morgan fingerprint density at radius 3 is 2.67 bits per heavy atom. The van der Waals surface area contributed by atoms with Crippen molar-refractivity contribution in [2.75, 3.05) is 11.9 Å². The summed E-state index contributed by atoms with van der Waals surface area (Å²) in [5.41, 5.74) is -0.451. The number of alkyl halides is 3. The van der Waals surface area contributed by atoms with Crippen LogP contribution in [0.3, 0.4) is 0 Å². The van der Waals surface area contributed by atoms with E-state index in [1.807, 2.05) is 6.92 Å². The molecule has 2 unspecified atom stereocenters. The quantitative estimate of drug-likeness (QED) is 0.874. The molecule has 2 nitrogen and oxygen atoms in total. The molecule has 0 bridgehead atoms. The van der Waals surface area contributed by atoms with E-state index in [1.165, 1.54) is 12.1 Å². The second-order valence-corrected chi connectivity index (χ2v) is 4.59. The molecule has 18 heavy (non-hydrogen) atoms. The van der Waals surface area contributed by atoms with Crippen molar-refractivity contribution in [3.05, 3.63) is 29.8 Å². The predicted octanol–water partition coefficient (Wildman–Crippen LogP) is 3.68. The fraction of sp³-hybridized carbons (Fsp3) is 0.538. The summed E-state index contributed by atoms with van der Waals surface area (Å²) in [6, 6.07) is 5.63. The van der Waals surface area contributed by atoms with Gasteiger partial charge in [-0.05, 0) is 31.9 Å². The van der Waals surface area contributed by atoms with Crippen molar-refractivity contribution in [3.63, 3.8) is 0 Å². The highest BCUT2D eigenvalue weighted by Gasteiger charge is 2.33. The Balaban J connectivity index is 2.13. The highest BCUT2D eigenvalue weighted by Crippen LogP contribution is 2.35. The molecule has 1 fully saturated rings. The van der Waals surface area contributed by atoms with Gasteiger partial charge in [0, 0.05) is 18.3 Å². The molecule has 2 atom stereocenters. The fourth-order valence-corrected chi connectivity index (χ4v) is 2.21. The molecule has 0 spiro atoms. The Kier molecular flexibility index (Phi) is 3.80. The van der Waals surface area contributed by atoms with Crippen molar-refractivity contribution in [2.24, 2.45) is 0 Å². The number of rotatable bonds is 2. The van der Waals surface area contributed by atoms with E-state index >= 15 is 0 Å². The smallest absolute Gasteiger partial charge is 0.382 e. The van der Waals surface area contributed by atoms with Crippen LogP contribution in [0.25, 0.3) is 0 Å². The number of hydrogen-bond acceptors (Lipinski definition) is 2. The lowest BCUT2D eigenvalue weighted by atomic mass is 10.0. The zero-order chi connectivity index (χ0) is 13.2.